The fourth-order valence-corrected chi connectivity index (χ4v) is 4.29. The largest absolute Gasteiger partial charge is 0.497 e. The molecule has 1 amide bonds. The Labute approximate surface area is 168 Å². The molecule has 1 aliphatic rings. The Hall–Kier alpha value is -3.54. The maximum absolute atomic E-state index is 13.2. The summed E-state index contributed by atoms with van der Waals surface area (Å²) in [6, 6.07) is 16.0. The maximum Gasteiger partial charge on any atom is 0.275 e. The number of hydrogen-bond acceptors (Lipinski definition) is 3. The van der Waals surface area contributed by atoms with Crippen molar-refractivity contribution in [1.29, 1.82) is 0 Å². The van der Waals surface area contributed by atoms with Crippen LogP contribution in [0, 0.1) is 6.92 Å². The first-order chi connectivity index (χ1) is 14.2. The van der Waals surface area contributed by atoms with Crippen molar-refractivity contribution in [3.05, 3.63) is 82.8 Å². The normalized spacial score (nSPS) is 15.9. The van der Waals surface area contributed by atoms with Crippen molar-refractivity contribution in [3.8, 4) is 5.75 Å². The summed E-state index contributed by atoms with van der Waals surface area (Å²) in [6.07, 6.45) is 2.81. The number of methoxy groups -OCH3 is 1. The lowest BCUT2D eigenvalue weighted by Crippen LogP contribution is -2.31. The number of para-hydroxylation sites is 1. The number of benzene rings is 2. The average molecular weight is 386 g/mol. The first-order valence-corrected chi connectivity index (χ1v) is 9.72. The molecule has 1 aliphatic heterocycles. The second-order valence-electron chi connectivity index (χ2n) is 7.39. The molecule has 146 valence electrons. The van der Waals surface area contributed by atoms with Gasteiger partial charge in [0, 0.05) is 34.9 Å². The molecule has 2 aromatic heterocycles. The zero-order chi connectivity index (χ0) is 20.0. The van der Waals surface area contributed by atoms with E-state index in [0.29, 0.717) is 12.2 Å². The van der Waals surface area contributed by atoms with E-state index in [9.17, 15) is 4.79 Å². The van der Waals surface area contributed by atoms with E-state index in [2.05, 4.69) is 27.3 Å². The third-order valence-electron chi connectivity index (χ3n) is 5.77. The number of H-pyrrole nitrogens is 2. The van der Waals surface area contributed by atoms with Crippen LogP contribution >= 0.6 is 0 Å². The van der Waals surface area contributed by atoms with Gasteiger partial charge in [-0.1, -0.05) is 30.3 Å². The van der Waals surface area contributed by atoms with Gasteiger partial charge in [0.1, 0.15) is 5.75 Å². The Morgan fingerprint density at radius 3 is 2.72 bits per heavy atom. The molecule has 29 heavy (non-hydrogen) atoms. The molecule has 0 spiro atoms. The van der Waals surface area contributed by atoms with Gasteiger partial charge in [-0.05, 0) is 42.7 Å². The highest BCUT2D eigenvalue weighted by Gasteiger charge is 2.41. The van der Waals surface area contributed by atoms with Gasteiger partial charge in [-0.25, -0.2) is 0 Å². The molecule has 0 aliphatic carbocycles. The highest BCUT2D eigenvalue weighted by Crippen LogP contribution is 2.39. The minimum atomic E-state index is -0.146. The standard InChI is InChI=1S/C23H22N4O2/c1-14-20-21(26-25-14)23(28)27(22(20)15-7-9-17(29-2)10-8-15)12-11-16-13-24-19-6-4-3-5-18(16)19/h3-10,13,22,24H,11-12H2,1-2H3,(H,25,26)/t22-/m0/s1. The van der Waals surface area contributed by atoms with Crippen molar-refractivity contribution in [2.45, 2.75) is 19.4 Å². The van der Waals surface area contributed by atoms with E-state index in [-0.39, 0.29) is 11.9 Å². The third-order valence-corrected chi connectivity index (χ3v) is 5.77. The summed E-state index contributed by atoms with van der Waals surface area (Å²) in [6.45, 7) is 2.59. The molecular weight excluding hydrogens is 364 g/mol. The lowest BCUT2D eigenvalue weighted by atomic mass is 9.99. The number of nitrogens with one attached hydrogen (secondary N) is 2. The van der Waals surface area contributed by atoms with Crippen LogP contribution in [0.3, 0.4) is 0 Å². The SMILES string of the molecule is COc1ccc([C@H]2c3c(n[nH]c3C)C(=O)N2CCc2c[nH]c3ccccc23)cc1. The van der Waals surface area contributed by atoms with Crippen molar-refractivity contribution < 1.29 is 9.53 Å². The number of rotatable bonds is 5. The van der Waals surface area contributed by atoms with Crippen LogP contribution in [0.25, 0.3) is 10.9 Å². The Balaban J connectivity index is 1.49. The van der Waals surface area contributed by atoms with Gasteiger partial charge in [0.05, 0.1) is 13.2 Å². The minimum Gasteiger partial charge on any atom is -0.497 e. The summed E-state index contributed by atoms with van der Waals surface area (Å²) in [7, 11) is 1.65. The average Bonchev–Trinajstić information content (AvgIpc) is 3.41. The Morgan fingerprint density at radius 2 is 1.93 bits per heavy atom. The Kier molecular flexibility index (Phi) is 4.12. The van der Waals surface area contributed by atoms with Gasteiger partial charge < -0.3 is 14.6 Å². The molecule has 1 atom stereocenters. The first kappa shape index (κ1) is 17.6. The van der Waals surface area contributed by atoms with Crippen LogP contribution in [0.4, 0.5) is 0 Å². The van der Waals surface area contributed by atoms with Crippen LogP contribution < -0.4 is 4.74 Å². The lowest BCUT2D eigenvalue weighted by molar-refractivity contribution is 0.0745. The number of aromatic amines is 2. The highest BCUT2D eigenvalue weighted by atomic mass is 16.5. The molecule has 0 saturated carbocycles. The topological polar surface area (TPSA) is 74.0 Å². The van der Waals surface area contributed by atoms with E-state index in [1.54, 1.807) is 7.11 Å². The first-order valence-electron chi connectivity index (χ1n) is 9.72. The second kappa shape index (κ2) is 6.81. The van der Waals surface area contributed by atoms with Crippen LogP contribution in [0.1, 0.15) is 38.9 Å². The van der Waals surface area contributed by atoms with E-state index in [1.807, 2.05) is 54.4 Å². The molecule has 0 fully saturated rings. The summed E-state index contributed by atoms with van der Waals surface area (Å²) in [5, 5.41) is 8.47. The summed E-state index contributed by atoms with van der Waals surface area (Å²) >= 11 is 0. The van der Waals surface area contributed by atoms with Crippen LogP contribution in [0.2, 0.25) is 0 Å². The van der Waals surface area contributed by atoms with Crippen LogP contribution in [-0.2, 0) is 6.42 Å². The lowest BCUT2D eigenvalue weighted by Gasteiger charge is -2.26. The zero-order valence-corrected chi connectivity index (χ0v) is 16.4. The Morgan fingerprint density at radius 1 is 1.14 bits per heavy atom. The molecule has 6 nitrogen and oxygen atoms in total. The highest BCUT2D eigenvalue weighted by molar-refractivity contribution is 5.98. The second-order valence-corrected chi connectivity index (χ2v) is 7.39. The zero-order valence-electron chi connectivity index (χ0n) is 16.4. The van der Waals surface area contributed by atoms with Gasteiger partial charge in [0.15, 0.2) is 5.69 Å². The van der Waals surface area contributed by atoms with E-state index in [1.165, 1.54) is 10.9 Å². The predicted octanol–water partition coefficient (Wildman–Crippen LogP) is 4.00. The molecule has 0 bridgehead atoms. The molecule has 0 saturated heterocycles. The fraction of sp³-hybridized carbons (Fsp3) is 0.217. The van der Waals surface area contributed by atoms with Crippen molar-refractivity contribution >= 4 is 16.8 Å². The molecule has 0 unspecified atom stereocenters. The van der Waals surface area contributed by atoms with Gasteiger partial charge in [-0.3, -0.25) is 9.89 Å². The van der Waals surface area contributed by atoms with Gasteiger partial charge in [0.2, 0.25) is 0 Å². The number of aromatic nitrogens is 3. The van der Waals surface area contributed by atoms with Crippen molar-refractivity contribution in [2.75, 3.05) is 13.7 Å². The predicted molar refractivity (Wildman–Crippen MR) is 111 cm³/mol. The third kappa shape index (κ3) is 2.79. The molecule has 2 aromatic carbocycles. The van der Waals surface area contributed by atoms with Gasteiger partial charge in [0.25, 0.3) is 5.91 Å². The van der Waals surface area contributed by atoms with Crippen LogP contribution in [0.5, 0.6) is 5.75 Å². The number of ether oxygens (including phenoxy) is 1. The number of amides is 1. The van der Waals surface area contributed by atoms with Gasteiger partial charge in [-0.15, -0.1) is 0 Å². The molecule has 4 aromatic rings. The van der Waals surface area contributed by atoms with Crippen LogP contribution in [-0.4, -0.2) is 39.6 Å². The van der Waals surface area contributed by atoms with Crippen molar-refractivity contribution in [3.63, 3.8) is 0 Å². The summed E-state index contributed by atoms with van der Waals surface area (Å²) in [4.78, 5) is 18.4. The fourth-order valence-electron chi connectivity index (χ4n) is 4.29. The maximum atomic E-state index is 13.2. The minimum absolute atomic E-state index is 0.0231. The summed E-state index contributed by atoms with van der Waals surface area (Å²) in [5.41, 5.74) is 5.82. The molecule has 5 rings (SSSR count). The van der Waals surface area contributed by atoms with Crippen LogP contribution in [0.15, 0.2) is 54.7 Å². The number of aryl methyl sites for hydroxylation is 1. The van der Waals surface area contributed by atoms with E-state index in [0.717, 1.165) is 34.5 Å². The Bertz CT molecular complexity index is 1190. The van der Waals surface area contributed by atoms with Gasteiger partial charge >= 0.3 is 0 Å². The number of carbonyl (C=O) groups excluding carboxylic acids is 1. The van der Waals surface area contributed by atoms with Crippen molar-refractivity contribution in [2.24, 2.45) is 0 Å². The number of carbonyl (C=O) groups is 1. The number of fused-ring (bicyclic) bond motifs is 2. The monoisotopic (exact) mass is 386 g/mol. The summed E-state index contributed by atoms with van der Waals surface area (Å²) in [5.74, 6) is 0.776. The molecular formula is C23H22N4O2. The van der Waals surface area contributed by atoms with Crippen molar-refractivity contribution in [1.82, 2.24) is 20.1 Å². The molecule has 6 heteroatoms. The molecule has 0 radical (unpaired) electrons. The number of nitrogens with zero attached hydrogens (tertiary/aromatic N) is 2. The quantitative estimate of drug-likeness (QED) is 0.545. The van der Waals surface area contributed by atoms with E-state index >= 15 is 0 Å². The van der Waals surface area contributed by atoms with E-state index < -0.39 is 0 Å². The van der Waals surface area contributed by atoms with Gasteiger partial charge in [-0.2, -0.15) is 5.10 Å². The number of hydrogen-bond donors (Lipinski definition) is 2. The summed E-state index contributed by atoms with van der Waals surface area (Å²) < 4.78 is 5.29. The molecule has 3 heterocycles. The smallest absolute Gasteiger partial charge is 0.275 e. The molecule has 2 N–H and O–H groups in total. The van der Waals surface area contributed by atoms with E-state index in [4.69, 9.17) is 4.74 Å².